The fourth-order valence-corrected chi connectivity index (χ4v) is 2.77. The van der Waals surface area contributed by atoms with Gasteiger partial charge in [-0.15, -0.1) is 15.3 Å². The van der Waals surface area contributed by atoms with Crippen molar-refractivity contribution >= 4 is 34.1 Å². The van der Waals surface area contributed by atoms with Crippen LogP contribution in [0.4, 0.5) is 5.82 Å². The van der Waals surface area contributed by atoms with Crippen LogP contribution in [0.15, 0.2) is 30.3 Å². The Labute approximate surface area is 141 Å². The van der Waals surface area contributed by atoms with Gasteiger partial charge in [0, 0.05) is 10.7 Å². The number of rotatable bonds is 1. The first-order chi connectivity index (χ1) is 11.6. The van der Waals surface area contributed by atoms with Gasteiger partial charge in [0.2, 0.25) is 5.69 Å². The van der Waals surface area contributed by atoms with Crippen LogP contribution in [0.25, 0.3) is 27.8 Å². The maximum absolute atomic E-state index is 9.05. The van der Waals surface area contributed by atoms with Crippen LogP contribution in [0.1, 0.15) is 11.4 Å². The number of aromatic nitrogens is 5. The number of hydrogen-bond acceptors (Lipinski definition) is 6. The molecule has 3 aromatic heterocycles. The fourth-order valence-electron chi connectivity index (χ4n) is 2.64. The first-order valence-corrected chi connectivity index (χ1v) is 7.44. The van der Waals surface area contributed by atoms with Crippen molar-refractivity contribution < 1.29 is 0 Å². The number of halogens is 1. The first-order valence-electron chi connectivity index (χ1n) is 7.07. The molecule has 24 heavy (non-hydrogen) atoms. The summed E-state index contributed by atoms with van der Waals surface area (Å²) in [5.41, 5.74) is 9.62. The lowest BCUT2D eigenvalue weighted by Gasteiger charge is -2.05. The minimum Gasteiger partial charge on any atom is -0.381 e. The number of nitrogen functional groups attached to an aromatic ring is 1. The maximum Gasteiger partial charge on any atom is 0.205 e. The van der Waals surface area contributed by atoms with Gasteiger partial charge in [0.25, 0.3) is 0 Å². The molecule has 0 saturated carbocycles. The van der Waals surface area contributed by atoms with E-state index in [-0.39, 0.29) is 11.5 Å². The monoisotopic (exact) mass is 335 g/mol. The molecule has 0 spiro atoms. The lowest BCUT2D eigenvalue weighted by Crippen LogP contribution is -2.05. The number of nitriles is 1. The van der Waals surface area contributed by atoms with Crippen molar-refractivity contribution in [2.45, 2.75) is 6.92 Å². The lowest BCUT2D eigenvalue weighted by atomic mass is 10.0. The molecule has 0 aliphatic carbocycles. The van der Waals surface area contributed by atoms with Gasteiger partial charge in [-0.3, -0.25) is 0 Å². The molecule has 0 radical (unpaired) electrons. The molecule has 0 aliphatic heterocycles. The zero-order chi connectivity index (χ0) is 16.8. The van der Waals surface area contributed by atoms with Crippen LogP contribution in [0.5, 0.6) is 0 Å². The van der Waals surface area contributed by atoms with Crippen molar-refractivity contribution in [3.8, 4) is 17.2 Å². The number of nitrogens with zero attached hydrogens (tertiary/aromatic N) is 6. The fraction of sp³-hybridized carbons (Fsp3) is 0.0625. The molecule has 0 atom stereocenters. The first kappa shape index (κ1) is 14.4. The molecule has 7 nitrogen and oxygen atoms in total. The standard InChI is InChI=1S/C16H10ClN7/c1-8-6-11(9-2-4-10(17)5-3-9)13-15(20-8)23-24-14(19)12(7-18)21-22-16(13)24/h2-6H,19H2,1H3. The highest BCUT2D eigenvalue weighted by molar-refractivity contribution is 6.30. The summed E-state index contributed by atoms with van der Waals surface area (Å²) in [6, 6.07) is 11.3. The highest BCUT2D eigenvalue weighted by Crippen LogP contribution is 2.32. The van der Waals surface area contributed by atoms with Crippen molar-refractivity contribution in [1.29, 1.82) is 5.26 Å². The second kappa shape index (κ2) is 5.15. The Balaban J connectivity index is 2.14. The second-order valence-electron chi connectivity index (χ2n) is 5.30. The highest BCUT2D eigenvalue weighted by Gasteiger charge is 2.18. The van der Waals surface area contributed by atoms with E-state index in [1.165, 1.54) is 4.52 Å². The Morgan fingerprint density at radius 3 is 2.67 bits per heavy atom. The predicted octanol–water partition coefficient (Wildman–Crippen LogP) is 2.76. The largest absolute Gasteiger partial charge is 0.381 e. The van der Waals surface area contributed by atoms with E-state index in [1.807, 2.05) is 43.3 Å². The Kier molecular flexibility index (Phi) is 3.08. The smallest absolute Gasteiger partial charge is 0.205 e. The van der Waals surface area contributed by atoms with Crippen molar-refractivity contribution in [3.63, 3.8) is 0 Å². The predicted molar refractivity (Wildman–Crippen MR) is 90.4 cm³/mol. The molecule has 0 bridgehead atoms. The van der Waals surface area contributed by atoms with Crippen LogP contribution in [0.3, 0.4) is 0 Å². The molecular formula is C16H10ClN7. The van der Waals surface area contributed by atoms with Gasteiger partial charge >= 0.3 is 0 Å². The van der Waals surface area contributed by atoms with Crippen molar-refractivity contribution in [2.24, 2.45) is 0 Å². The number of pyridine rings is 1. The summed E-state index contributed by atoms with van der Waals surface area (Å²) in [6.07, 6.45) is 0. The molecule has 4 rings (SSSR count). The zero-order valence-electron chi connectivity index (χ0n) is 12.5. The van der Waals surface area contributed by atoms with Gasteiger partial charge in [0.1, 0.15) is 6.07 Å². The minimum atomic E-state index is 0.0278. The van der Waals surface area contributed by atoms with Gasteiger partial charge in [-0.05, 0) is 36.2 Å². The maximum atomic E-state index is 9.05. The topological polar surface area (TPSA) is 106 Å². The van der Waals surface area contributed by atoms with Gasteiger partial charge in [-0.25, -0.2) is 4.98 Å². The van der Waals surface area contributed by atoms with E-state index in [2.05, 4.69) is 20.3 Å². The molecular weight excluding hydrogens is 326 g/mol. The number of benzene rings is 1. The van der Waals surface area contributed by atoms with Crippen LogP contribution < -0.4 is 5.73 Å². The number of nitrogens with two attached hydrogens (primary N) is 1. The van der Waals surface area contributed by atoms with Crippen LogP contribution in [0, 0.1) is 18.3 Å². The number of anilines is 1. The van der Waals surface area contributed by atoms with Crippen LogP contribution in [0.2, 0.25) is 5.02 Å². The molecule has 0 fully saturated rings. The third kappa shape index (κ3) is 2.05. The van der Waals surface area contributed by atoms with Gasteiger partial charge in [-0.2, -0.15) is 9.78 Å². The third-order valence-electron chi connectivity index (χ3n) is 3.72. The Morgan fingerprint density at radius 2 is 1.96 bits per heavy atom. The molecule has 0 amide bonds. The normalized spacial score (nSPS) is 11.0. The van der Waals surface area contributed by atoms with E-state index in [1.54, 1.807) is 0 Å². The Hall–Kier alpha value is -3.24. The van der Waals surface area contributed by atoms with E-state index in [0.717, 1.165) is 22.2 Å². The number of hydrogen-bond donors (Lipinski definition) is 1. The average Bonchev–Trinajstić information content (AvgIpc) is 2.94. The van der Waals surface area contributed by atoms with E-state index < -0.39 is 0 Å². The van der Waals surface area contributed by atoms with Crippen molar-refractivity contribution in [3.05, 3.63) is 46.7 Å². The molecule has 0 saturated heterocycles. The summed E-state index contributed by atoms with van der Waals surface area (Å²) in [6.45, 7) is 1.89. The summed E-state index contributed by atoms with van der Waals surface area (Å²) < 4.78 is 1.40. The third-order valence-corrected chi connectivity index (χ3v) is 3.98. The molecule has 3 heterocycles. The second-order valence-corrected chi connectivity index (χ2v) is 5.73. The number of aryl methyl sites for hydroxylation is 1. The van der Waals surface area contributed by atoms with Crippen LogP contribution in [-0.2, 0) is 0 Å². The molecule has 1 aromatic carbocycles. The van der Waals surface area contributed by atoms with Crippen LogP contribution in [-0.4, -0.2) is 24.8 Å². The molecule has 8 heteroatoms. The average molecular weight is 336 g/mol. The van der Waals surface area contributed by atoms with Crippen molar-refractivity contribution in [2.75, 3.05) is 5.73 Å². The summed E-state index contributed by atoms with van der Waals surface area (Å²) >= 11 is 5.98. The van der Waals surface area contributed by atoms with Gasteiger partial charge in [0.15, 0.2) is 17.1 Å². The molecule has 0 aliphatic rings. The zero-order valence-corrected chi connectivity index (χ0v) is 13.3. The van der Waals surface area contributed by atoms with Gasteiger partial charge in [-0.1, -0.05) is 23.7 Å². The lowest BCUT2D eigenvalue weighted by molar-refractivity contribution is 0.896. The Bertz CT molecular complexity index is 1140. The molecule has 0 unspecified atom stereocenters. The van der Waals surface area contributed by atoms with E-state index in [0.29, 0.717) is 16.3 Å². The molecule has 2 N–H and O–H groups in total. The van der Waals surface area contributed by atoms with E-state index in [9.17, 15) is 0 Å². The number of fused-ring (bicyclic) bond motifs is 3. The van der Waals surface area contributed by atoms with Crippen molar-refractivity contribution in [1.82, 2.24) is 24.8 Å². The van der Waals surface area contributed by atoms with E-state index in [4.69, 9.17) is 22.6 Å². The van der Waals surface area contributed by atoms with Gasteiger partial charge < -0.3 is 5.73 Å². The summed E-state index contributed by atoms with van der Waals surface area (Å²) in [5.74, 6) is 0.139. The molecule has 116 valence electrons. The highest BCUT2D eigenvalue weighted by atomic mass is 35.5. The SMILES string of the molecule is Cc1cc(-c2ccc(Cl)cc2)c2c(n1)nn1c(N)c(C#N)nnc21. The van der Waals surface area contributed by atoms with Gasteiger partial charge in [0.05, 0.1) is 5.39 Å². The van der Waals surface area contributed by atoms with E-state index >= 15 is 0 Å². The molecule has 4 aromatic rings. The minimum absolute atomic E-state index is 0.0278. The summed E-state index contributed by atoms with van der Waals surface area (Å²) in [4.78, 5) is 4.45. The van der Waals surface area contributed by atoms with Crippen LogP contribution >= 0.6 is 11.6 Å². The quantitative estimate of drug-likeness (QED) is 0.573. The summed E-state index contributed by atoms with van der Waals surface area (Å²) in [5, 5.41) is 22.8. The Morgan fingerprint density at radius 1 is 1.21 bits per heavy atom. The summed E-state index contributed by atoms with van der Waals surface area (Å²) in [7, 11) is 0.